The molecule has 7 nitrogen and oxygen atoms in total. The molecular weight excluding hydrogens is 258 g/mol. The van der Waals surface area contributed by atoms with Gasteiger partial charge in [-0.15, -0.1) is 0 Å². The Morgan fingerprint density at radius 3 is 2.70 bits per heavy atom. The molecule has 0 aliphatic rings. The first-order valence-corrected chi connectivity index (χ1v) is 6.46. The Kier molecular flexibility index (Phi) is 3.97. The third kappa shape index (κ3) is 2.61. The Labute approximate surface area is 116 Å². The van der Waals surface area contributed by atoms with Gasteiger partial charge in [-0.3, -0.25) is 10.1 Å². The lowest BCUT2D eigenvalue weighted by Gasteiger charge is -2.10. The van der Waals surface area contributed by atoms with Crippen molar-refractivity contribution in [3.63, 3.8) is 0 Å². The van der Waals surface area contributed by atoms with Gasteiger partial charge in [-0.2, -0.15) is 5.10 Å². The third-order valence-corrected chi connectivity index (χ3v) is 2.87. The van der Waals surface area contributed by atoms with Crippen molar-refractivity contribution in [3.8, 4) is 5.69 Å². The predicted molar refractivity (Wildman–Crippen MR) is 76.3 cm³/mol. The number of nitrogens with one attached hydrogen (secondary N) is 1. The minimum Gasteiger partial charge on any atom is -0.379 e. The summed E-state index contributed by atoms with van der Waals surface area (Å²) >= 11 is 0. The molecule has 2 aromatic rings. The molecule has 106 valence electrons. The first-order chi connectivity index (χ1) is 9.54. The first kappa shape index (κ1) is 14.0. The van der Waals surface area contributed by atoms with E-state index in [0.717, 1.165) is 6.42 Å². The monoisotopic (exact) mass is 275 g/mol. The molecule has 0 aliphatic heterocycles. The van der Waals surface area contributed by atoms with Crippen LogP contribution in [-0.4, -0.2) is 26.2 Å². The highest BCUT2D eigenvalue weighted by molar-refractivity contribution is 5.71. The molecule has 0 radical (unpaired) electrons. The van der Waals surface area contributed by atoms with Gasteiger partial charge in [-0.25, -0.2) is 9.67 Å². The van der Waals surface area contributed by atoms with Crippen LogP contribution in [0.5, 0.6) is 0 Å². The van der Waals surface area contributed by atoms with Crippen molar-refractivity contribution in [1.82, 2.24) is 14.8 Å². The molecule has 20 heavy (non-hydrogen) atoms. The minimum atomic E-state index is -0.385. The van der Waals surface area contributed by atoms with Gasteiger partial charge in [-0.05, 0) is 32.4 Å². The van der Waals surface area contributed by atoms with Crippen molar-refractivity contribution in [1.29, 1.82) is 0 Å². The van der Waals surface area contributed by atoms with Gasteiger partial charge in [0, 0.05) is 6.54 Å². The van der Waals surface area contributed by atoms with Gasteiger partial charge in [-0.1, -0.05) is 13.0 Å². The molecule has 0 bridgehead atoms. The van der Waals surface area contributed by atoms with E-state index in [2.05, 4.69) is 15.4 Å². The molecule has 0 amide bonds. The number of hydrogen-bond acceptors (Lipinski definition) is 5. The number of para-hydroxylation sites is 1. The van der Waals surface area contributed by atoms with Crippen LogP contribution in [0.4, 0.5) is 11.4 Å². The molecule has 0 saturated heterocycles. The van der Waals surface area contributed by atoms with Crippen LogP contribution in [-0.2, 0) is 0 Å². The third-order valence-electron chi connectivity index (χ3n) is 2.87. The Morgan fingerprint density at radius 2 is 2.15 bits per heavy atom. The fourth-order valence-electron chi connectivity index (χ4n) is 2.05. The van der Waals surface area contributed by atoms with Gasteiger partial charge in [0.1, 0.15) is 23.0 Å². The van der Waals surface area contributed by atoms with E-state index in [9.17, 15) is 10.1 Å². The van der Waals surface area contributed by atoms with Crippen molar-refractivity contribution in [2.45, 2.75) is 27.2 Å². The summed E-state index contributed by atoms with van der Waals surface area (Å²) in [6.45, 7) is 6.22. The summed E-state index contributed by atoms with van der Waals surface area (Å²) in [5, 5.41) is 18.7. The van der Waals surface area contributed by atoms with Crippen molar-refractivity contribution < 1.29 is 4.92 Å². The molecule has 0 fully saturated rings. The van der Waals surface area contributed by atoms with Crippen LogP contribution in [0.3, 0.4) is 0 Å². The predicted octanol–water partition coefficient (Wildman–Crippen LogP) is 2.61. The zero-order chi connectivity index (χ0) is 14.7. The van der Waals surface area contributed by atoms with Crippen LogP contribution in [0.15, 0.2) is 18.2 Å². The summed E-state index contributed by atoms with van der Waals surface area (Å²) in [5.74, 6) is 1.21. The molecule has 0 atom stereocenters. The van der Waals surface area contributed by atoms with E-state index in [1.165, 1.54) is 4.68 Å². The van der Waals surface area contributed by atoms with Crippen molar-refractivity contribution >= 4 is 11.4 Å². The number of hydrogen-bond donors (Lipinski definition) is 1. The Hall–Kier alpha value is -2.44. The molecule has 0 spiro atoms. The van der Waals surface area contributed by atoms with E-state index in [1.807, 2.05) is 6.92 Å². The average Bonchev–Trinajstić information content (AvgIpc) is 2.74. The van der Waals surface area contributed by atoms with Gasteiger partial charge in [0.25, 0.3) is 0 Å². The number of nitro benzene ring substituents is 1. The standard InChI is InChI=1S/C13H17N5O2/c1-4-8-14-11-6-5-7-12(13(11)18(19)20)17-10(3)15-9(2)16-17/h5-7,14H,4,8H2,1-3H3. The lowest BCUT2D eigenvalue weighted by atomic mass is 10.2. The second-order valence-corrected chi connectivity index (χ2v) is 4.48. The Morgan fingerprint density at radius 1 is 1.40 bits per heavy atom. The second-order valence-electron chi connectivity index (χ2n) is 4.48. The van der Waals surface area contributed by atoms with E-state index < -0.39 is 0 Å². The van der Waals surface area contributed by atoms with Crippen LogP contribution < -0.4 is 5.32 Å². The molecule has 1 heterocycles. The van der Waals surface area contributed by atoms with Crippen molar-refractivity contribution in [3.05, 3.63) is 40.0 Å². The maximum Gasteiger partial charge on any atom is 0.317 e. The quantitative estimate of drug-likeness (QED) is 0.669. The van der Waals surface area contributed by atoms with Crippen LogP contribution in [0.25, 0.3) is 5.69 Å². The van der Waals surface area contributed by atoms with Crippen molar-refractivity contribution in [2.75, 3.05) is 11.9 Å². The molecule has 0 aliphatic carbocycles. The fraction of sp³-hybridized carbons (Fsp3) is 0.385. The summed E-state index contributed by atoms with van der Waals surface area (Å²) in [6.07, 6.45) is 0.892. The minimum absolute atomic E-state index is 0.0222. The fourth-order valence-corrected chi connectivity index (χ4v) is 2.05. The zero-order valence-electron chi connectivity index (χ0n) is 11.8. The van der Waals surface area contributed by atoms with Gasteiger partial charge in [0.2, 0.25) is 0 Å². The number of rotatable bonds is 5. The summed E-state index contributed by atoms with van der Waals surface area (Å²) in [7, 11) is 0. The van der Waals surface area contributed by atoms with E-state index in [0.29, 0.717) is 29.6 Å². The molecule has 0 unspecified atom stereocenters. The smallest absolute Gasteiger partial charge is 0.317 e. The highest BCUT2D eigenvalue weighted by atomic mass is 16.6. The van der Waals surface area contributed by atoms with Crippen LogP contribution in [0, 0.1) is 24.0 Å². The molecule has 1 aromatic heterocycles. The number of aromatic nitrogens is 3. The van der Waals surface area contributed by atoms with E-state index in [-0.39, 0.29) is 10.6 Å². The summed E-state index contributed by atoms with van der Waals surface area (Å²) in [5.41, 5.74) is 0.949. The summed E-state index contributed by atoms with van der Waals surface area (Å²) < 4.78 is 1.50. The van der Waals surface area contributed by atoms with E-state index in [1.54, 1.807) is 32.0 Å². The first-order valence-electron chi connectivity index (χ1n) is 6.46. The average molecular weight is 275 g/mol. The summed E-state index contributed by atoms with van der Waals surface area (Å²) in [4.78, 5) is 15.2. The van der Waals surface area contributed by atoms with E-state index in [4.69, 9.17) is 0 Å². The van der Waals surface area contributed by atoms with Crippen molar-refractivity contribution in [2.24, 2.45) is 0 Å². The number of nitro groups is 1. The van der Waals surface area contributed by atoms with Gasteiger partial charge in [0.05, 0.1) is 4.92 Å². The number of nitrogens with zero attached hydrogens (tertiary/aromatic N) is 4. The van der Waals surface area contributed by atoms with Gasteiger partial charge in [0.15, 0.2) is 0 Å². The molecule has 1 N–H and O–H groups in total. The topological polar surface area (TPSA) is 85.9 Å². The molecule has 0 saturated carbocycles. The SMILES string of the molecule is CCCNc1cccc(-n2nc(C)nc2C)c1[N+](=O)[O-]. The summed E-state index contributed by atoms with van der Waals surface area (Å²) in [6, 6.07) is 5.16. The lowest BCUT2D eigenvalue weighted by molar-refractivity contribution is -0.383. The molecule has 2 rings (SSSR count). The normalized spacial score (nSPS) is 10.6. The number of aryl methyl sites for hydroxylation is 2. The lowest BCUT2D eigenvalue weighted by Crippen LogP contribution is -2.08. The molecule has 1 aromatic carbocycles. The van der Waals surface area contributed by atoms with Crippen LogP contribution in [0.2, 0.25) is 0 Å². The molecular formula is C13H17N5O2. The highest BCUT2D eigenvalue weighted by Crippen LogP contribution is 2.31. The van der Waals surface area contributed by atoms with Crippen LogP contribution in [0.1, 0.15) is 25.0 Å². The largest absolute Gasteiger partial charge is 0.379 e. The highest BCUT2D eigenvalue weighted by Gasteiger charge is 2.22. The molecule has 7 heteroatoms. The maximum atomic E-state index is 11.4. The van der Waals surface area contributed by atoms with Gasteiger partial charge < -0.3 is 5.32 Å². The van der Waals surface area contributed by atoms with E-state index >= 15 is 0 Å². The Bertz CT molecular complexity index is 636. The zero-order valence-corrected chi connectivity index (χ0v) is 11.8. The maximum absolute atomic E-state index is 11.4. The number of benzene rings is 1. The Balaban J connectivity index is 2.58. The van der Waals surface area contributed by atoms with Gasteiger partial charge >= 0.3 is 5.69 Å². The van der Waals surface area contributed by atoms with Crippen LogP contribution >= 0.6 is 0 Å². The second kappa shape index (κ2) is 5.68. The number of anilines is 1.